The van der Waals surface area contributed by atoms with Crippen molar-refractivity contribution in [2.24, 2.45) is 0 Å². The number of nitrogens with zero attached hydrogens (tertiary/aromatic N) is 3. The molecule has 0 spiro atoms. The van der Waals surface area contributed by atoms with Crippen molar-refractivity contribution in [1.82, 2.24) is 10.1 Å². The number of fused-ring (bicyclic) bond motifs is 2. The van der Waals surface area contributed by atoms with Crippen molar-refractivity contribution in [1.29, 1.82) is 0 Å². The lowest BCUT2D eigenvalue weighted by molar-refractivity contribution is 0.0990. The molecule has 2 heterocycles. The van der Waals surface area contributed by atoms with Crippen LogP contribution in [0.15, 0.2) is 81.0 Å². The molecule has 0 aliphatic carbocycles. The van der Waals surface area contributed by atoms with E-state index in [0.717, 1.165) is 26.6 Å². The molecular formula is C23H16FN3O2S. The van der Waals surface area contributed by atoms with E-state index in [4.69, 9.17) is 4.52 Å². The predicted molar refractivity (Wildman–Crippen MR) is 112 cm³/mol. The highest BCUT2D eigenvalue weighted by Crippen LogP contribution is 2.42. The highest BCUT2D eigenvalue weighted by Gasteiger charge is 2.25. The molecule has 0 saturated heterocycles. The first kappa shape index (κ1) is 18.6. The van der Waals surface area contributed by atoms with Gasteiger partial charge in [-0.3, -0.25) is 4.79 Å². The molecule has 1 aliphatic heterocycles. The third-order valence-electron chi connectivity index (χ3n) is 4.93. The van der Waals surface area contributed by atoms with E-state index < -0.39 is 0 Å². The Hall–Kier alpha value is -3.45. The summed E-state index contributed by atoms with van der Waals surface area (Å²) in [6.07, 6.45) is 0.356. The number of carbonyl (C=O) groups is 1. The van der Waals surface area contributed by atoms with Gasteiger partial charge in [-0.2, -0.15) is 4.98 Å². The number of hydrogen-bond donors (Lipinski definition) is 0. The summed E-state index contributed by atoms with van der Waals surface area (Å²) < 4.78 is 18.8. The maximum atomic E-state index is 13.4. The molecule has 30 heavy (non-hydrogen) atoms. The second kappa shape index (κ2) is 7.42. The van der Waals surface area contributed by atoms with E-state index >= 15 is 0 Å². The van der Waals surface area contributed by atoms with Crippen LogP contribution in [0.4, 0.5) is 10.1 Å². The average molecular weight is 417 g/mol. The van der Waals surface area contributed by atoms with Gasteiger partial charge in [-0.25, -0.2) is 4.39 Å². The molecule has 5 rings (SSSR count). The number of rotatable bonds is 3. The summed E-state index contributed by atoms with van der Waals surface area (Å²) in [4.78, 5) is 20.8. The van der Waals surface area contributed by atoms with E-state index in [2.05, 4.69) is 10.1 Å². The fourth-order valence-electron chi connectivity index (χ4n) is 3.42. The fourth-order valence-corrected chi connectivity index (χ4v) is 4.56. The smallest absolute Gasteiger partial charge is 0.259 e. The number of halogens is 1. The molecule has 0 bridgehead atoms. The van der Waals surface area contributed by atoms with Crippen LogP contribution in [-0.4, -0.2) is 23.1 Å². The number of anilines is 1. The highest BCUT2D eigenvalue weighted by molar-refractivity contribution is 7.99. The van der Waals surface area contributed by atoms with Gasteiger partial charge < -0.3 is 9.42 Å². The van der Waals surface area contributed by atoms with Gasteiger partial charge in [-0.05, 0) is 48.0 Å². The molecule has 7 heteroatoms. The Morgan fingerprint density at radius 1 is 1.03 bits per heavy atom. The maximum Gasteiger partial charge on any atom is 0.259 e. The van der Waals surface area contributed by atoms with Crippen LogP contribution >= 0.6 is 11.8 Å². The summed E-state index contributed by atoms with van der Waals surface area (Å²) >= 11 is 1.54. The molecule has 1 aromatic heterocycles. The van der Waals surface area contributed by atoms with Gasteiger partial charge in [-0.1, -0.05) is 41.2 Å². The molecule has 0 fully saturated rings. The third-order valence-corrected chi connectivity index (χ3v) is 6.06. The quantitative estimate of drug-likeness (QED) is 0.458. The standard InChI is InChI=1S/C23H16FN3O2S/c1-27-18-10-9-15(13-20(18)30-19-8-3-2-7-17(19)23(27)28)22-25-21(29-26-22)12-14-5-4-6-16(24)11-14/h2-11,13H,12H2,1H3. The van der Waals surface area contributed by atoms with Gasteiger partial charge in [0.2, 0.25) is 11.7 Å². The molecule has 4 aromatic rings. The second-order valence-corrected chi connectivity index (χ2v) is 8.05. The van der Waals surface area contributed by atoms with Gasteiger partial charge in [0.05, 0.1) is 17.7 Å². The third kappa shape index (κ3) is 3.37. The first-order chi connectivity index (χ1) is 14.6. The Bertz CT molecular complexity index is 1270. The normalized spacial score (nSPS) is 13.0. The lowest BCUT2D eigenvalue weighted by atomic mass is 10.1. The van der Waals surface area contributed by atoms with E-state index in [1.807, 2.05) is 48.5 Å². The molecule has 0 saturated carbocycles. The maximum absolute atomic E-state index is 13.4. The van der Waals surface area contributed by atoms with Gasteiger partial charge in [0, 0.05) is 22.4 Å². The van der Waals surface area contributed by atoms with Crippen LogP contribution in [0.25, 0.3) is 11.4 Å². The Morgan fingerprint density at radius 3 is 2.77 bits per heavy atom. The minimum atomic E-state index is -0.297. The van der Waals surface area contributed by atoms with Crippen molar-refractivity contribution in [2.45, 2.75) is 16.2 Å². The number of benzene rings is 3. The second-order valence-electron chi connectivity index (χ2n) is 6.96. The summed E-state index contributed by atoms with van der Waals surface area (Å²) in [6.45, 7) is 0. The van der Waals surface area contributed by atoms with Gasteiger partial charge >= 0.3 is 0 Å². The molecule has 0 N–H and O–H groups in total. The predicted octanol–water partition coefficient (Wildman–Crippen LogP) is 5.21. The van der Waals surface area contributed by atoms with E-state index in [9.17, 15) is 9.18 Å². The zero-order valence-corrected chi connectivity index (χ0v) is 16.8. The number of amides is 1. The molecule has 0 unspecified atom stereocenters. The van der Waals surface area contributed by atoms with Crippen LogP contribution in [0.3, 0.4) is 0 Å². The first-order valence-corrected chi connectivity index (χ1v) is 10.2. The van der Waals surface area contributed by atoms with E-state index in [1.165, 1.54) is 12.1 Å². The average Bonchev–Trinajstić information content (AvgIpc) is 3.18. The van der Waals surface area contributed by atoms with Crippen LogP contribution < -0.4 is 4.90 Å². The minimum Gasteiger partial charge on any atom is -0.339 e. The molecule has 0 atom stereocenters. The first-order valence-electron chi connectivity index (χ1n) is 9.35. The minimum absolute atomic E-state index is 0.0402. The molecule has 1 amide bonds. The van der Waals surface area contributed by atoms with Gasteiger partial charge in [-0.15, -0.1) is 0 Å². The van der Waals surface area contributed by atoms with E-state index in [-0.39, 0.29) is 11.7 Å². The fraction of sp³-hybridized carbons (Fsp3) is 0.0870. The van der Waals surface area contributed by atoms with Gasteiger partial charge in [0.25, 0.3) is 5.91 Å². The van der Waals surface area contributed by atoms with Crippen molar-refractivity contribution in [3.05, 3.63) is 89.6 Å². The Kier molecular flexibility index (Phi) is 4.59. The zero-order chi connectivity index (χ0) is 20.7. The largest absolute Gasteiger partial charge is 0.339 e. The number of hydrogen-bond acceptors (Lipinski definition) is 5. The van der Waals surface area contributed by atoms with Crippen LogP contribution in [0, 0.1) is 5.82 Å². The monoisotopic (exact) mass is 417 g/mol. The number of carbonyl (C=O) groups excluding carboxylic acids is 1. The summed E-state index contributed by atoms with van der Waals surface area (Å²) in [5.41, 5.74) is 3.06. The van der Waals surface area contributed by atoms with Crippen LogP contribution in [0.1, 0.15) is 21.8 Å². The topological polar surface area (TPSA) is 59.2 Å². The van der Waals surface area contributed by atoms with Crippen molar-refractivity contribution < 1.29 is 13.7 Å². The summed E-state index contributed by atoms with van der Waals surface area (Å²) in [6, 6.07) is 19.6. The van der Waals surface area contributed by atoms with Crippen LogP contribution in [0.5, 0.6) is 0 Å². The summed E-state index contributed by atoms with van der Waals surface area (Å²) in [5, 5.41) is 4.09. The van der Waals surface area contributed by atoms with Gasteiger partial charge in [0.1, 0.15) is 5.82 Å². The van der Waals surface area contributed by atoms with Gasteiger partial charge in [0.15, 0.2) is 0 Å². The van der Waals surface area contributed by atoms with Crippen molar-refractivity contribution in [3.63, 3.8) is 0 Å². The molecule has 5 nitrogen and oxygen atoms in total. The highest BCUT2D eigenvalue weighted by atomic mass is 32.2. The van der Waals surface area contributed by atoms with Crippen molar-refractivity contribution in [2.75, 3.05) is 11.9 Å². The van der Waals surface area contributed by atoms with E-state index in [1.54, 1.807) is 29.8 Å². The lowest BCUT2D eigenvalue weighted by Crippen LogP contribution is -2.25. The molecule has 3 aromatic carbocycles. The lowest BCUT2D eigenvalue weighted by Gasteiger charge is -2.17. The summed E-state index contributed by atoms with van der Waals surface area (Å²) in [5.74, 6) is 0.530. The van der Waals surface area contributed by atoms with E-state index in [0.29, 0.717) is 23.7 Å². The molecule has 148 valence electrons. The Labute approximate surface area is 176 Å². The Balaban J connectivity index is 1.48. The molecule has 0 radical (unpaired) electrons. The van der Waals surface area contributed by atoms with Crippen LogP contribution in [0.2, 0.25) is 0 Å². The molecule has 1 aliphatic rings. The molecular weight excluding hydrogens is 401 g/mol. The van der Waals surface area contributed by atoms with Crippen molar-refractivity contribution >= 4 is 23.4 Å². The van der Waals surface area contributed by atoms with Crippen molar-refractivity contribution in [3.8, 4) is 11.4 Å². The number of aromatic nitrogens is 2. The SMILES string of the molecule is CN1C(=O)c2ccccc2Sc2cc(-c3noc(Cc4cccc(F)c4)n3)ccc21. The zero-order valence-electron chi connectivity index (χ0n) is 16.0. The summed E-state index contributed by atoms with van der Waals surface area (Å²) in [7, 11) is 1.77. The Morgan fingerprint density at radius 2 is 1.90 bits per heavy atom. The van der Waals surface area contributed by atoms with Crippen LogP contribution in [-0.2, 0) is 6.42 Å².